The lowest BCUT2D eigenvalue weighted by Gasteiger charge is -2.19. The first kappa shape index (κ1) is 19.7. The van der Waals surface area contributed by atoms with E-state index in [1.165, 1.54) is 23.0 Å². The molecule has 0 aromatic carbocycles. The van der Waals surface area contributed by atoms with E-state index in [4.69, 9.17) is 22.4 Å². The van der Waals surface area contributed by atoms with Gasteiger partial charge in [0.1, 0.15) is 5.84 Å². The van der Waals surface area contributed by atoms with Crippen LogP contribution in [-0.2, 0) is 0 Å². The van der Waals surface area contributed by atoms with Crippen LogP contribution in [0.25, 0.3) is 22.2 Å². The highest BCUT2D eigenvalue weighted by atomic mass is 35.5. The summed E-state index contributed by atoms with van der Waals surface area (Å²) in [6, 6.07) is 8.67. The van der Waals surface area contributed by atoms with Gasteiger partial charge in [0, 0.05) is 30.4 Å². The van der Waals surface area contributed by atoms with Crippen molar-refractivity contribution < 1.29 is 4.39 Å². The van der Waals surface area contributed by atoms with Gasteiger partial charge in [0.05, 0.1) is 27.7 Å². The lowest BCUT2D eigenvalue weighted by atomic mass is 10.1. The predicted molar refractivity (Wildman–Crippen MR) is 112 cm³/mol. The van der Waals surface area contributed by atoms with Gasteiger partial charge in [0.25, 0.3) is 5.56 Å². The Morgan fingerprint density at radius 2 is 2.03 bits per heavy atom. The molecule has 0 bridgehead atoms. The summed E-state index contributed by atoms with van der Waals surface area (Å²) < 4.78 is 17.0. The Balaban J connectivity index is 1.79. The van der Waals surface area contributed by atoms with Crippen LogP contribution < -0.4 is 11.0 Å². The van der Waals surface area contributed by atoms with Crippen LogP contribution in [0.5, 0.6) is 0 Å². The van der Waals surface area contributed by atoms with Crippen LogP contribution >= 0.6 is 11.6 Å². The fourth-order valence-electron chi connectivity index (χ4n) is 3.16. The first-order valence-corrected chi connectivity index (χ1v) is 9.38. The van der Waals surface area contributed by atoms with Gasteiger partial charge in [-0.2, -0.15) is 0 Å². The standard InChI is InChI=1S/C21H16ClFN6O/c1-12(28-8-6-18-15(21(28)30)3-2-7-26-18)19(24)29-11-13(9-16(23)20(29)25)17-5-4-14(22)10-27-17/h2-12,24-25H,1H3. The molecule has 0 aliphatic carbocycles. The Bertz CT molecular complexity index is 1390. The number of hydrogen-bond acceptors (Lipinski definition) is 5. The summed E-state index contributed by atoms with van der Waals surface area (Å²) in [6.07, 6.45) is 6.03. The fourth-order valence-corrected chi connectivity index (χ4v) is 3.28. The normalized spacial score (nSPS) is 12.1. The number of halogens is 2. The van der Waals surface area contributed by atoms with Crippen molar-refractivity contribution in [2.75, 3.05) is 0 Å². The average Bonchev–Trinajstić information content (AvgIpc) is 2.75. The summed E-state index contributed by atoms with van der Waals surface area (Å²) in [5, 5.41) is 17.5. The lowest BCUT2D eigenvalue weighted by Crippen LogP contribution is -2.36. The Kier molecular flexibility index (Phi) is 5.01. The average molecular weight is 423 g/mol. The zero-order chi connectivity index (χ0) is 21.4. The second kappa shape index (κ2) is 7.64. The topological polar surface area (TPSA) is 100 Å². The summed E-state index contributed by atoms with van der Waals surface area (Å²) in [4.78, 5) is 21.2. The Morgan fingerprint density at radius 3 is 2.77 bits per heavy atom. The van der Waals surface area contributed by atoms with E-state index in [-0.39, 0.29) is 11.4 Å². The van der Waals surface area contributed by atoms with Gasteiger partial charge in [-0.3, -0.25) is 30.1 Å². The van der Waals surface area contributed by atoms with Crippen molar-refractivity contribution in [3.05, 3.63) is 87.9 Å². The maximum Gasteiger partial charge on any atom is 0.260 e. The van der Waals surface area contributed by atoms with Gasteiger partial charge in [0.15, 0.2) is 11.3 Å². The van der Waals surface area contributed by atoms with Crippen molar-refractivity contribution in [3.63, 3.8) is 0 Å². The molecule has 0 aliphatic rings. The highest BCUT2D eigenvalue weighted by molar-refractivity contribution is 6.30. The van der Waals surface area contributed by atoms with E-state index in [0.29, 0.717) is 27.2 Å². The molecule has 0 amide bonds. The fraction of sp³-hybridized carbons (Fsp3) is 0.0952. The summed E-state index contributed by atoms with van der Waals surface area (Å²) in [6.45, 7) is 1.64. The minimum Gasteiger partial charge on any atom is -0.305 e. The Labute approximate surface area is 175 Å². The number of fused-ring (bicyclic) bond motifs is 1. The van der Waals surface area contributed by atoms with Gasteiger partial charge in [0.2, 0.25) is 0 Å². The number of pyridine rings is 4. The largest absolute Gasteiger partial charge is 0.305 e. The maximum atomic E-state index is 14.5. The minimum atomic E-state index is -0.809. The molecule has 0 saturated carbocycles. The number of nitrogens with one attached hydrogen (secondary N) is 2. The predicted octanol–water partition coefficient (Wildman–Crippen LogP) is 3.62. The first-order chi connectivity index (χ1) is 14.4. The van der Waals surface area contributed by atoms with E-state index < -0.39 is 17.3 Å². The summed E-state index contributed by atoms with van der Waals surface area (Å²) in [7, 11) is 0. The van der Waals surface area contributed by atoms with Crippen LogP contribution in [0.4, 0.5) is 4.39 Å². The van der Waals surface area contributed by atoms with E-state index >= 15 is 0 Å². The first-order valence-electron chi connectivity index (χ1n) is 9.00. The molecule has 0 aliphatic heterocycles. The third-order valence-corrected chi connectivity index (χ3v) is 5.03. The van der Waals surface area contributed by atoms with Crippen LogP contribution in [0.2, 0.25) is 5.02 Å². The van der Waals surface area contributed by atoms with Gasteiger partial charge in [-0.15, -0.1) is 0 Å². The zero-order valence-electron chi connectivity index (χ0n) is 15.8. The SMILES string of the molecule is CC(C(=N)n1cc(-c2ccc(Cl)cn2)cc(F)c1=N)n1ccc2ncccc2c1=O. The van der Waals surface area contributed by atoms with Gasteiger partial charge >= 0.3 is 0 Å². The number of aromatic nitrogens is 4. The second-order valence-corrected chi connectivity index (χ2v) is 7.12. The molecule has 0 spiro atoms. The van der Waals surface area contributed by atoms with E-state index in [0.717, 1.165) is 4.57 Å². The van der Waals surface area contributed by atoms with E-state index in [1.807, 2.05) is 0 Å². The quantitative estimate of drug-likeness (QED) is 0.389. The maximum absolute atomic E-state index is 14.5. The third kappa shape index (κ3) is 3.42. The molecule has 1 atom stereocenters. The number of rotatable bonds is 3. The summed E-state index contributed by atoms with van der Waals surface area (Å²) in [5.41, 5.74) is 0.572. The second-order valence-electron chi connectivity index (χ2n) is 6.68. The van der Waals surface area contributed by atoms with Gasteiger partial charge in [-0.25, -0.2) is 4.39 Å². The molecular formula is C21H16ClFN6O. The molecule has 30 heavy (non-hydrogen) atoms. The van der Waals surface area contributed by atoms with Crippen LogP contribution in [0.3, 0.4) is 0 Å². The van der Waals surface area contributed by atoms with Crippen molar-refractivity contribution >= 4 is 28.3 Å². The van der Waals surface area contributed by atoms with Crippen molar-refractivity contribution in [1.29, 1.82) is 10.8 Å². The van der Waals surface area contributed by atoms with E-state index in [2.05, 4.69) is 9.97 Å². The minimum absolute atomic E-state index is 0.139. The molecule has 4 rings (SSSR count). The molecule has 0 radical (unpaired) electrons. The van der Waals surface area contributed by atoms with Gasteiger partial charge in [-0.05, 0) is 43.3 Å². The van der Waals surface area contributed by atoms with Crippen molar-refractivity contribution in [3.8, 4) is 11.3 Å². The molecule has 4 aromatic rings. The summed E-state index contributed by atoms with van der Waals surface area (Å²) in [5.74, 6) is -0.948. The summed E-state index contributed by atoms with van der Waals surface area (Å²) >= 11 is 5.86. The smallest absolute Gasteiger partial charge is 0.260 e. The molecule has 0 fully saturated rings. The molecule has 2 N–H and O–H groups in total. The number of hydrogen-bond donors (Lipinski definition) is 2. The van der Waals surface area contributed by atoms with Crippen LogP contribution in [0.15, 0.2) is 66.0 Å². The Hall–Kier alpha value is -3.65. The van der Waals surface area contributed by atoms with Crippen LogP contribution in [0, 0.1) is 16.6 Å². The Morgan fingerprint density at radius 1 is 1.23 bits per heavy atom. The van der Waals surface area contributed by atoms with E-state index in [9.17, 15) is 9.18 Å². The molecule has 0 saturated heterocycles. The van der Waals surface area contributed by atoms with E-state index in [1.54, 1.807) is 49.6 Å². The lowest BCUT2D eigenvalue weighted by molar-refractivity contribution is 0.582. The molecule has 7 nitrogen and oxygen atoms in total. The van der Waals surface area contributed by atoms with Crippen molar-refractivity contribution in [2.45, 2.75) is 13.0 Å². The van der Waals surface area contributed by atoms with Crippen molar-refractivity contribution in [2.24, 2.45) is 0 Å². The molecule has 1 unspecified atom stereocenters. The molecule has 4 heterocycles. The van der Waals surface area contributed by atoms with Crippen LogP contribution in [-0.4, -0.2) is 24.9 Å². The molecule has 9 heteroatoms. The van der Waals surface area contributed by atoms with Gasteiger partial charge < -0.3 is 4.57 Å². The highest BCUT2D eigenvalue weighted by Gasteiger charge is 2.18. The van der Waals surface area contributed by atoms with Crippen molar-refractivity contribution in [1.82, 2.24) is 19.1 Å². The molecule has 150 valence electrons. The van der Waals surface area contributed by atoms with Gasteiger partial charge in [-0.1, -0.05) is 11.6 Å². The number of nitrogens with zero attached hydrogens (tertiary/aromatic N) is 4. The highest BCUT2D eigenvalue weighted by Crippen LogP contribution is 2.19. The molecule has 4 aromatic heterocycles. The monoisotopic (exact) mass is 422 g/mol. The van der Waals surface area contributed by atoms with Crippen LogP contribution in [0.1, 0.15) is 13.0 Å². The molecular weight excluding hydrogens is 407 g/mol. The zero-order valence-corrected chi connectivity index (χ0v) is 16.6. The third-order valence-electron chi connectivity index (χ3n) is 4.81.